The number of nitriles is 1. The molecule has 0 bridgehead atoms. The van der Waals surface area contributed by atoms with Crippen LogP contribution in [0.15, 0.2) is 31.0 Å². The number of piperazine rings is 1. The molecule has 0 spiro atoms. The molecule has 2 aromatic rings. The highest BCUT2D eigenvalue weighted by molar-refractivity contribution is 5.82. The lowest BCUT2D eigenvalue weighted by molar-refractivity contribution is -0.135. The SMILES string of the molecule is C=Cc1cc(-c2cc(C#N)c(N3CCN(C(=O)C4CC4)[C@H](C4CC4)C3)nc2C2CC2)ccn1. The average molecular weight is 440 g/mol. The van der Waals surface area contributed by atoms with Gasteiger partial charge in [-0.25, -0.2) is 4.98 Å². The van der Waals surface area contributed by atoms with E-state index in [9.17, 15) is 10.1 Å². The Morgan fingerprint density at radius 2 is 1.97 bits per heavy atom. The largest absolute Gasteiger partial charge is 0.352 e. The minimum Gasteiger partial charge on any atom is -0.352 e. The van der Waals surface area contributed by atoms with Gasteiger partial charge in [-0.3, -0.25) is 9.78 Å². The van der Waals surface area contributed by atoms with Crippen molar-refractivity contribution >= 4 is 17.8 Å². The number of nitrogens with zero attached hydrogens (tertiary/aromatic N) is 5. The zero-order valence-electron chi connectivity index (χ0n) is 18.9. The van der Waals surface area contributed by atoms with Crippen molar-refractivity contribution in [1.29, 1.82) is 5.26 Å². The molecule has 0 radical (unpaired) electrons. The molecular weight excluding hydrogens is 410 g/mol. The second-order valence-corrected chi connectivity index (χ2v) is 10.0. The van der Waals surface area contributed by atoms with Gasteiger partial charge >= 0.3 is 0 Å². The molecule has 1 atom stereocenters. The third-order valence-corrected chi connectivity index (χ3v) is 7.51. The second kappa shape index (κ2) is 7.98. The highest BCUT2D eigenvalue weighted by atomic mass is 16.2. The summed E-state index contributed by atoms with van der Waals surface area (Å²) in [6.07, 6.45) is 10.3. The molecule has 0 unspecified atom stereocenters. The Morgan fingerprint density at radius 3 is 2.64 bits per heavy atom. The normalized spacial score (nSPS) is 22.7. The van der Waals surface area contributed by atoms with Gasteiger partial charge in [0.15, 0.2) is 0 Å². The van der Waals surface area contributed by atoms with E-state index in [1.165, 1.54) is 12.8 Å². The van der Waals surface area contributed by atoms with Crippen molar-refractivity contribution in [3.05, 3.63) is 47.9 Å². The number of carbonyl (C=O) groups is 1. The van der Waals surface area contributed by atoms with Gasteiger partial charge < -0.3 is 9.80 Å². The molecule has 4 aliphatic rings. The first-order valence-electron chi connectivity index (χ1n) is 12.3. The van der Waals surface area contributed by atoms with Crippen molar-refractivity contribution in [1.82, 2.24) is 14.9 Å². The van der Waals surface area contributed by atoms with Gasteiger partial charge in [-0.1, -0.05) is 6.58 Å². The van der Waals surface area contributed by atoms with Gasteiger partial charge in [-0.05, 0) is 74.3 Å². The highest BCUT2D eigenvalue weighted by Gasteiger charge is 2.45. The zero-order valence-corrected chi connectivity index (χ0v) is 18.9. The molecule has 3 aliphatic carbocycles. The maximum absolute atomic E-state index is 12.9. The summed E-state index contributed by atoms with van der Waals surface area (Å²) in [4.78, 5) is 26.8. The van der Waals surface area contributed by atoms with E-state index in [4.69, 9.17) is 4.98 Å². The Bertz CT molecular complexity index is 1160. The molecule has 3 heterocycles. The molecule has 1 saturated heterocycles. The third-order valence-electron chi connectivity index (χ3n) is 7.51. The summed E-state index contributed by atoms with van der Waals surface area (Å²) in [5.74, 6) is 2.45. The van der Waals surface area contributed by atoms with Crippen LogP contribution in [0.3, 0.4) is 0 Å². The Balaban J connectivity index is 1.35. The van der Waals surface area contributed by atoms with Gasteiger partial charge in [0.05, 0.1) is 23.0 Å². The predicted octanol–water partition coefficient (Wildman–Crippen LogP) is 4.37. The van der Waals surface area contributed by atoms with Crippen LogP contribution in [-0.2, 0) is 4.79 Å². The minimum absolute atomic E-state index is 0.250. The highest BCUT2D eigenvalue weighted by Crippen LogP contribution is 2.46. The van der Waals surface area contributed by atoms with Gasteiger partial charge in [0.1, 0.15) is 11.9 Å². The summed E-state index contributed by atoms with van der Waals surface area (Å²) in [7, 11) is 0. The summed E-state index contributed by atoms with van der Waals surface area (Å²) in [6.45, 7) is 6.09. The van der Waals surface area contributed by atoms with Crippen molar-refractivity contribution in [2.24, 2.45) is 11.8 Å². The van der Waals surface area contributed by atoms with Gasteiger partial charge in [0.25, 0.3) is 0 Å². The van der Waals surface area contributed by atoms with Crippen molar-refractivity contribution in [2.75, 3.05) is 24.5 Å². The minimum atomic E-state index is 0.250. The standard InChI is InChI=1S/C27H29N5O/c1-2-22-13-20(9-10-29-22)23-14-21(15-28)26(30-25(23)18-5-6-18)31-11-12-32(27(33)19-7-8-19)24(16-31)17-3-4-17/h2,9-10,13-14,17-19,24H,1,3-8,11-12,16H2/t24-/m0/s1. The molecule has 6 heteroatoms. The fourth-order valence-corrected chi connectivity index (χ4v) is 5.19. The van der Waals surface area contributed by atoms with E-state index in [0.717, 1.165) is 73.7 Å². The molecule has 4 fully saturated rings. The second-order valence-electron chi connectivity index (χ2n) is 10.0. The fourth-order valence-electron chi connectivity index (χ4n) is 5.19. The molecular formula is C27H29N5O. The number of hydrogen-bond acceptors (Lipinski definition) is 5. The quantitative estimate of drug-likeness (QED) is 0.668. The maximum atomic E-state index is 12.9. The molecule has 1 amide bonds. The molecule has 6 nitrogen and oxygen atoms in total. The van der Waals surface area contributed by atoms with Crippen LogP contribution >= 0.6 is 0 Å². The van der Waals surface area contributed by atoms with Gasteiger partial charge in [0, 0.05) is 43.2 Å². The number of aromatic nitrogens is 2. The summed E-state index contributed by atoms with van der Waals surface area (Å²) < 4.78 is 0. The molecule has 3 saturated carbocycles. The lowest BCUT2D eigenvalue weighted by Gasteiger charge is -2.43. The Hall–Kier alpha value is -3.20. The Morgan fingerprint density at radius 1 is 1.15 bits per heavy atom. The van der Waals surface area contributed by atoms with E-state index in [-0.39, 0.29) is 12.0 Å². The monoisotopic (exact) mass is 439 g/mol. The van der Waals surface area contributed by atoms with Crippen LogP contribution in [0, 0.1) is 23.2 Å². The van der Waals surface area contributed by atoms with E-state index < -0.39 is 0 Å². The van der Waals surface area contributed by atoms with Crippen LogP contribution < -0.4 is 4.90 Å². The molecule has 0 aromatic carbocycles. The Labute approximate surface area is 194 Å². The topological polar surface area (TPSA) is 73.1 Å². The maximum Gasteiger partial charge on any atom is 0.226 e. The molecule has 6 rings (SSSR count). The fraction of sp³-hybridized carbons (Fsp3) is 0.481. The number of pyridine rings is 2. The van der Waals surface area contributed by atoms with Gasteiger partial charge in [0.2, 0.25) is 5.91 Å². The van der Waals surface area contributed by atoms with E-state index in [1.807, 2.05) is 18.2 Å². The van der Waals surface area contributed by atoms with E-state index in [1.54, 1.807) is 12.3 Å². The van der Waals surface area contributed by atoms with Crippen LogP contribution in [0.4, 0.5) is 5.82 Å². The van der Waals surface area contributed by atoms with E-state index >= 15 is 0 Å². The molecule has 33 heavy (non-hydrogen) atoms. The average Bonchev–Trinajstić information content (AvgIpc) is 3.72. The van der Waals surface area contributed by atoms with Crippen LogP contribution in [0.2, 0.25) is 0 Å². The van der Waals surface area contributed by atoms with Gasteiger partial charge in [-0.15, -0.1) is 0 Å². The molecule has 1 aliphatic heterocycles. The first-order valence-corrected chi connectivity index (χ1v) is 12.3. The van der Waals surface area contributed by atoms with E-state index in [0.29, 0.717) is 23.3 Å². The van der Waals surface area contributed by atoms with Crippen LogP contribution in [0.25, 0.3) is 17.2 Å². The van der Waals surface area contributed by atoms with Crippen molar-refractivity contribution in [2.45, 2.75) is 50.5 Å². The summed E-state index contributed by atoms with van der Waals surface area (Å²) in [5.41, 5.74) is 4.59. The predicted molar refractivity (Wildman–Crippen MR) is 127 cm³/mol. The summed E-state index contributed by atoms with van der Waals surface area (Å²) >= 11 is 0. The molecule has 2 aromatic heterocycles. The van der Waals surface area contributed by atoms with Crippen LogP contribution in [0.1, 0.15) is 61.4 Å². The lowest BCUT2D eigenvalue weighted by Crippen LogP contribution is -2.57. The Kier molecular flexibility index (Phi) is 4.94. The molecule has 168 valence electrons. The van der Waals surface area contributed by atoms with Crippen LogP contribution in [0.5, 0.6) is 0 Å². The zero-order chi connectivity index (χ0) is 22.5. The summed E-state index contributed by atoms with van der Waals surface area (Å²) in [5, 5.41) is 10.1. The number of hydrogen-bond donors (Lipinski definition) is 0. The van der Waals surface area contributed by atoms with Crippen LogP contribution in [-0.4, -0.2) is 46.5 Å². The van der Waals surface area contributed by atoms with Crippen molar-refractivity contribution < 1.29 is 4.79 Å². The first kappa shape index (κ1) is 20.4. The molecule has 0 N–H and O–H groups in total. The number of amides is 1. The van der Waals surface area contributed by atoms with E-state index in [2.05, 4.69) is 27.4 Å². The number of anilines is 1. The van der Waals surface area contributed by atoms with Gasteiger partial charge in [-0.2, -0.15) is 5.26 Å². The summed E-state index contributed by atoms with van der Waals surface area (Å²) in [6, 6.07) is 8.69. The first-order chi connectivity index (χ1) is 16.2. The van der Waals surface area contributed by atoms with Crippen molar-refractivity contribution in [3.8, 4) is 17.2 Å². The van der Waals surface area contributed by atoms with Crippen molar-refractivity contribution in [3.63, 3.8) is 0 Å². The third kappa shape index (κ3) is 3.90. The number of rotatable bonds is 6. The number of carbonyl (C=O) groups excluding carboxylic acids is 1. The lowest BCUT2D eigenvalue weighted by atomic mass is 9.98. The smallest absolute Gasteiger partial charge is 0.226 e.